The van der Waals surface area contributed by atoms with Gasteiger partial charge in [0.25, 0.3) is 47.3 Å². The van der Waals surface area contributed by atoms with Crippen LogP contribution < -0.4 is 59.3 Å². The van der Waals surface area contributed by atoms with Gasteiger partial charge < -0.3 is 95.9 Å². The minimum Gasteiger partial charge on any atom is -0.351 e. The van der Waals surface area contributed by atoms with Gasteiger partial charge in [-0.3, -0.25) is 43.2 Å². The van der Waals surface area contributed by atoms with Crippen LogP contribution in [0.3, 0.4) is 0 Å². The van der Waals surface area contributed by atoms with E-state index in [9.17, 15) is 43.2 Å². The summed E-state index contributed by atoms with van der Waals surface area (Å²) in [5.41, 5.74) is 14.3. The van der Waals surface area contributed by atoms with Gasteiger partial charge in [0, 0.05) is 125 Å². The van der Waals surface area contributed by atoms with Crippen molar-refractivity contribution in [2.24, 2.45) is 67.8 Å². The number of nitrogens with zero attached hydrogens (tertiary/aromatic N) is 11. The van der Waals surface area contributed by atoms with E-state index in [1.165, 1.54) is 93.4 Å². The van der Waals surface area contributed by atoms with Gasteiger partial charge in [0.2, 0.25) is 17.6 Å². The minimum atomic E-state index is -1.10. The molecule has 0 radical (unpaired) electrons. The Bertz CT molecular complexity index is 3830. The molecule has 0 saturated carbocycles. The van der Waals surface area contributed by atoms with Gasteiger partial charge in [0.05, 0.1) is 34.5 Å². The third-order valence-corrected chi connectivity index (χ3v) is 12.9. The quantitative estimate of drug-likeness (QED) is 0.0426. The summed E-state index contributed by atoms with van der Waals surface area (Å²) in [5, 5.41) is 24.4. The summed E-state index contributed by atoms with van der Waals surface area (Å²) in [6.45, 7) is 0.844. The Morgan fingerprint density at radius 2 is 0.771 bits per heavy atom. The van der Waals surface area contributed by atoms with E-state index in [1.54, 1.807) is 85.6 Å². The molecule has 0 saturated heterocycles. The van der Waals surface area contributed by atoms with Gasteiger partial charge in [0.15, 0.2) is 17.5 Å². The van der Waals surface area contributed by atoms with Crippen LogP contribution in [0, 0.1) is 0 Å². The number of amides is 9. The second-order valence-electron chi connectivity index (χ2n) is 19.4. The number of carbonyl (C=O) groups excluding carboxylic acids is 9. The highest BCUT2D eigenvalue weighted by atomic mass is 16.2. The average molecular weight is 1140 g/mol. The Morgan fingerprint density at radius 3 is 1.14 bits per heavy atom. The topological polar surface area (TPSA) is 392 Å². The molecule has 0 aliphatic carbocycles. The number of anilines is 7. The Morgan fingerprint density at radius 1 is 0.422 bits per heavy atom. The maximum absolute atomic E-state index is 13.4. The number of nitrogens with two attached hydrogens (primary N) is 2. The van der Waals surface area contributed by atoms with Crippen molar-refractivity contribution >= 4 is 93.2 Å². The van der Waals surface area contributed by atoms with Gasteiger partial charge in [0.1, 0.15) is 28.5 Å². The lowest BCUT2D eigenvalue weighted by atomic mass is 10.2. The predicted octanol–water partition coefficient (Wildman–Crippen LogP) is 1.26. The second-order valence-corrected chi connectivity index (χ2v) is 19.4. The molecule has 0 spiro atoms. The Hall–Kier alpha value is -10.8. The van der Waals surface area contributed by atoms with E-state index < -0.39 is 53.3 Å². The summed E-state index contributed by atoms with van der Waals surface area (Å²) in [6, 6.07) is 6.31. The number of nitrogens with one attached hydrogen (secondary N) is 9. The predicted molar refractivity (Wildman–Crippen MR) is 304 cm³/mol. The van der Waals surface area contributed by atoms with Crippen molar-refractivity contribution in [1.82, 2.24) is 62.1 Å². The van der Waals surface area contributed by atoms with Gasteiger partial charge in [-0.1, -0.05) is 0 Å². The molecule has 0 bridgehead atoms. The number of hydrogen-bond donors (Lipinski definition) is 11. The SMILES string of the molecule is Cn1cc(NC(=O)c2cc(NC(=O)c3cc(NC(=O)c4nc(NC(=O)[C@H](N)CCNC(=O)c5cc(NC(=O)c6cc(NC(=O)c7nc(NC(=O)c8nccn8C)cn7C)cn6C)cn5C)cn4C)cn3C)cn2C)cc1C(=O)NCCCN. The molecule has 31 nitrogen and oxygen atoms in total. The van der Waals surface area contributed by atoms with Crippen molar-refractivity contribution in [3.05, 3.63) is 132 Å². The molecule has 434 valence electrons. The standard InChI is InChI=1S/C52H62N22O9/c1-67-15-14-55-41(67)50(81)66-40-27-74(8)43(64-40)52(83)62-32-19-37(71(5)25-32)48(79)59-29-17-35(69(3)22-29)46(77)57-13-10-33(54)44(75)65-39-26-73(7)42(63-39)51(82)61-31-20-38(72(6)24-31)49(80)60-30-18-36(70(4)23-30)47(78)58-28-16-34(68(2)21-28)45(76)56-12-9-11-53/h14-27,33H,9-13,53-54H2,1-8H3,(H,56,76)(H,57,77)(H,58,78)(H,59,79)(H,60,80)(H,61,82)(H,62,83)(H,65,75)(H,66,81)/t33-/m1/s1. The fourth-order valence-corrected chi connectivity index (χ4v) is 8.66. The third kappa shape index (κ3) is 13.6. The molecule has 0 unspecified atom stereocenters. The lowest BCUT2D eigenvalue weighted by molar-refractivity contribution is -0.117. The fraction of sp³-hybridized carbons (Fsp3) is 0.269. The van der Waals surface area contributed by atoms with E-state index >= 15 is 0 Å². The summed E-state index contributed by atoms with van der Waals surface area (Å²) in [4.78, 5) is 131. The van der Waals surface area contributed by atoms with E-state index in [4.69, 9.17) is 11.5 Å². The first kappa shape index (κ1) is 58.3. The molecule has 0 aliphatic heterocycles. The van der Waals surface area contributed by atoms with Crippen LogP contribution in [0.1, 0.15) is 97.1 Å². The summed E-state index contributed by atoms with van der Waals surface area (Å²) in [5.74, 6) is -4.56. The summed E-state index contributed by atoms with van der Waals surface area (Å²) >= 11 is 0. The molecule has 1 atom stereocenters. The Balaban J connectivity index is 0.774. The highest BCUT2D eigenvalue weighted by Gasteiger charge is 2.25. The number of imidazole rings is 3. The van der Waals surface area contributed by atoms with Crippen molar-refractivity contribution in [3.8, 4) is 0 Å². The molecule has 8 aromatic rings. The second kappa shape index (κ2) is 24.7. The zero-order chi connectivity index (χ0) is 60.0. The Labute approximate surface area is 472 Å². The highest BCUT2D eigenvalue weighted by molar-refractivity contribution is 6.10. The van der Waals surface area contributed by atoms with Gasteiger partial charge in [-0.15, -0.1) is 0 Å². The lowest BCUT2D eigenvalue weighted by Crippen LogP contribution is -2.39. The minimum absolute atomic E-state index is 0.0104. The van der Waals surface area contributed by atoms with E-state index in [0.717, 1.165) is 0 Å². The molecule has 13 N–H and O–H groups in total. The van der Waals surface area contributed by atoms with E-state index in [-0.39, 0.29) is 82.1 Å². The maximum Gasteiger partial charge on any atom is 0.292 e. The van der Waals surface area contributed by atoms with E-state index in [2.05, 4.69) is 62.8 Å². The Kier molecular flexibility index (Phi) is 17.3. The molecule has 9 amide bonds. The molecular formula is C52H62N22O9. The zero-order valence-electron chi connectivity index (χ0n) is 46.4. The van der Waals surface area contributed by atoms with E-state index in [1.807, 2.05) is 0 Å². The van der Waals surface area contributed by atoms with Gasteiger partial charge >= 0.3 is 0 Å². The van der Waals surface area contributed by atoms with Crippen LogP contribution in [0.5, 0.6) is 0 Å². The highest BCUT2D eigenvalue weighted by Crippen LogP contribution is 2.22. The molecule has 0 aromatic carbocycles. The number of aromatic nitrogens is 11. The van der Waals surface area contributed by atoms with Gasteiger partial charge in [-0.2, -0.15) is 0 Å². The van der Waals surface area contributed by atoms with Crippen LogP contribution in [0.4, 0.5) is 40.1 Å². The first-order chi connectivity index (χ1) is 39.5. The van der Waals surface area contributed by atoms with Crippen molar-refractivity contribution in [2.45, 2.75) is 18.9 Å². The monoisotopic (exact) mass is 1140 g/mol. The van der Waals surface area contributed by atoms with Crippen LogP contribution in [0.15, 0.2) is 86.1 Å². The first-order valence-electron chi connectivity index (χ1n) is 25.5. The lowest BCUT2D eigenvalue weighted by Gasteiger charge is -2.11. The number of aryl methyl sites for hydroxylation is 8. The van der Waals surface area contributed by atoms with Crippen molar-refractivity contribution in [1.29, 1.82) is 0 Å². The normalized spacial score (nSPS) is 11.4. The fourth-order valence-electron chi connectivity index (χ4n) is 8.66. The summed E-state index contributed by atoms with van der Waals surface area (Å²) in [6.07, 6.45) is 14.4. The van der Waals surface area contributed by atoms with Crippen LogP contribution >= 0.6 is 0 Å². The molecule has 8 heterocycles. The molecule has 8 aromatic heterocycles. The molecule has 0 aliphatic rings. The molecule has 83 heavy (non-hydrogen) atoms. The average Bonchev–Trinajstić information content (AvgIpc) is 4.48. The third-order valence-electron chi connectivity index (χ3n) is 12.9. The first-order valence-corrected chi connectivity index (χ1v) is 25.5. The number of rotatable bonds is 22. The molecule has 31 heteroatoms. The molecule has 8 rings (SSSR count). The van der Waals surface area contributed by atoms with Crippen molar-refractivity contribution in [2.75, 3.05) is 56.9 Å². The van der Waals surface area contributed by atoms with Crippen LogP contribution in [-0.2, 0) is 61.2 Å². The smallest absolute Gasteiger partial charge is 0.292 e. The molecule has 0 fully saturated rings. The molecular weight excluding hydrogens is 1080 g/mol. The summed E-state index contributed by atoms with van der Waals surface area (Å²) in [7, 11) is 13.0. The van der Waals surface area contributed by atoms with Gasteiger partial charge in [-0.05, 0) is 49.7 Å². The van der Waals surface area contributed by atoms with Crippen molar-refractivity contribution < 1.29 is 43.2 Å². The zero-order valence-corrected chi connectivity index (χ0v) is 46.4. The number of hydrogen-bond acceptors (Lipinski definition) is 14. The van der Waals surface area contributed by atoms with Crippen molar-refractivity contribution in [3.63, 3.8) is 0 Å². The maximum atomic E-state index is 13.4. The largest absolute Gasteiger partial charge is 0.351 e. The number of carbonyl (C=O) groups is 9. The van der Waals surface area contributed by atoms with Crippen LogP contribution in [-0.4, -0.2) is 130 Å². The van der Waals surface area contributed by atoms with Crippen LogP contribution in [0.25, 0.3) is 0 Å². The van der Waals surface area contributed by atoms with Gasteiger partial charge in [-0.25, -0.2) is 15.0 Å². The van der Waals surface area contributed by atoms with E-state index in [0.29, 0.717) is 42.3 Å². The van der Waals surface area contributed by atoms with Crippen LogP contribution in [0.2, 0.25) is 0 Å². The summed E-state index contributed by atoms with van der Waals surface area (Å²) < 4.78 is 12.0.